The van der Waals surface area contributed by atoms with Gasteiger partial charge in [0.25, 0.3) is 0 Å². The molecular formula is C20H20F2N2O2. The SMILES string of the molecule is Oc1ccccc1C=N[C@@H]1CCCC[C@H]1N=Cc1cc(F)cc(F)c1O. The van der Waals surface area contributed by atoms with Gasteiger partial charge in [-0.05, 0) is 31.0 Å². The van der Waals surface area contributed by atoms with Crippen molar-refractivity contribution in [2.45, 2.75) is 37.8 Å². The Hall–Kier alpha value is -2.76. The van der Waals surface area contributed by atoms with Crippen LogP contribution in [0.5, 0.6) is 11.5 Å². The summed E-state index contributed by atoms with van der Waals surface area (Å²) in [6, 6.07) is 8.38. The lowest BCUT2D eigenvalue weighted by Gasteiger charge is -2.25. The average Bonchev–Trinajstić information content (AvgIpc) is 2.63. The summed E-state index contributed by atoms with van der Waals surface area (Å²) in [5, 5.41) is 19.5. The van der Waals surface area contributed by atoms with Crippen molar-refractivity contribution in [2.75, 3.05) is 0 Å². The second kappa shape index (κ2) is 8.08. The Morgan fingerprint density at radius 1 is 0.885 bits per heavy atom. The van der Waals surface area contributed by atoms with Crippen molar-refractivity contribution in [1.29, 1.82) is 0 Å². The summed E-state index contributed by atoms with van der Waals surface area (Å²) < 4.78 is 26.8. The van der Waals surface area contributed by atoms with Crippen LogP contribution in [0.1, 0.15) is 36.8 Å². The normalized spacial score (nSPS) is 20.8. The van der Waals surface area contributed by atoms with Crippen LogP contribution in [0.15, 0.2) is 46.4 Å². The summed E-state index contributed by atoms with van der Waals surface area (Å²) in [7, 11) is 0. The van der Waals surface area contributed by atoms with Gasteiger partial charge in [-0.2, -0.15) is 0 Å². The van der Waals surface area contributed by atoms with Gasteiger partial charge in [-0.1, -0.05) is 25.0 Å². The molecule has 0 amide bonds. The highest BCUT2D eigenvalue weighted by molar-refractivity contribution is 5.84. The number of rotatable bonds is 4. The smallest absolute Gasteiger partial charge is 0.168 e. The number of benzene rings is 2. The van der Waals surface area contributed by atoms with Crippen LogP contribution in [0.3, 0.4) is 0 Å². The van der Waals surface area contributed by atoms with Crippen molar-refractivity contribution >= 4 is 12.4 Å². The molecular weight excluding hydrogens is 338 g/mol. The Labute approximate surface area is 150 Å². The molecule has 1 fully saturated rings. The number of para-hydroxylation sites is 1. The van der Waals surface area contributed by atoms with E-state index in [-0.39, 0.29) is 23.4 Å². The van der Waals surface area contributed by atoms with Crippen molar-refractivity contribution < 1.29 is 19.0 Å². The van der Waals surface area contributed by atoms with Gasteiger partial charge in [0.05, 0.1) is 12.1 Å². The number of hydrogen-bond acceptors (Lipinski definition) is 4. The molecule has 1 aliphatic rings. The Morgan fingerprint density at radius 2 is 1.50 bits per heavy atom. The molecule has 0 spiro atoms. The zero-order valence-electron chi connectivity index (χ0n) is 14.1. The summed E-state index contributed by atoms with van der Waals surface area (Å²) in [5.41, 5.74) is 0.641. The lowest BCUT2D eigenvalue weighted by molar-refractivity contribution is 0.389. The molecule has 1 saturated carbocycles. The number of phenols is 2. The molecule has 0 aliphatic heterocycles. The molecule has 2 aromatic carbocycles. The van der Waals surface area contributed by atoms with Gasteiger partial charge in [-0.25, -0.2) is 8.78 Å². The summed E-state index contributed by atoms with van der Waals surface area (Å²) in [4.78, 5) is 8.97. The molecule has 0 unspecified atom stereocenters. The van der Waals surface area contributed by atoms with Crippen molar-refractivity contribution in [3.05, 3.63) is 59.2 Å². The van der Waals surface area contributed by atoms with Gasteiger partial charge in [0, 0.05) is 29.6 Å². The van der Waals surface area contributed by atoms with Crippen molar-refractivity contribution in [2.24, 2.45) is 9.98 Å². The average molecular weight is 358 g/mol. The van der Waals surface area contributed by atoms with Gasteiger partial charge >= 0.3 is 0 Å². The quantitative estimate of drug-likeness (QED) is 0.804. The van der Waals surface area contributed by atoms with Crippen molar-refractivity contribution in [3.8, 4) is 11.5 Å². The standard InChI is InChI=1S/C20H20F2N2O2/c21-15-9-14(20(26)16(22)10-15)12-24-18-7-3-2-6-17(18)23-11-13-5-1-4-8-19(13)25/h1,4-5,8-12,17-18,25-26H,2-3,6-7H2/t17-,18-/m1/s1. The van der Waals surface area contributed by atoms with Crippen molar-refractivity contribution in [3.63, 3.8) is 0 Å². The minimum absolute atomic E-state index is 0.0107. The number of aromatic hydroxyl groups is 2. The fraction of sp³-hybridized carbons (Fsp3) is 0.300. The molecule has 2 N–H and O–H groups in total. The first-order valence-corrected chi connectivity index (χ1v) is 8.57. The van der Waals surface area contributed by atoms with Crippen molar-refractivity contribution in [1.82, 2.24) is 0 Å². The van der Waals surface area contributed by atoms with Gasteiger partial charge in [-0.3, -0.25) is 9.98 Å². The molecule has 0 radical (unpaired) electrons. The summed E-state index contributed by atoms with van der Waals surface area (Å²) >= 11 is 0. The monoisotopic (exact) mass is 358 g/mol. The van der Waals surface area contributed by atoms with Crippen LogP contribution in [0, 0.1) is 11.6 Å². The van der Waals surface area contributed by atoms with E-state index in [0.29, 0.717) is 11.6 Å². The molecule has 4 nitrogen and oxygen atoms in total. The first-order chi connectivity index (χ1) is 12.5. The highest BCUT2D eigenvalue weighted by atomic mass is 19.1. The van der Waals surface area contributed by atoms with E-state index in [1.54, 1.807) is 24.4 Å². The van der Waals surface area contributed by atoms with Crippen LogP contribution in [0.2, 0.25) is 0 Å². The molecule has 2 atom stereocenters. The third-order valence-electron chi connectivity index (χ3n) is 4.50. The molecule has 26 heavy (non-hydrogen) atoms. The van der Waals surface area contributed by atoms with Crippen LogP contribution < -0.4 is 0 Å². The molecule has 0 saturated heterocycles. The molecule has 0 heterocycles. The zero-order chi connectivity index (χ0) is 18.5. The minimum Gasteiger partial charge on any atom is -0.507 e. The van der Waals surface area contributed by atoms with E-state index in [4.69, 9.17) is 0 Å². The molecule has 3 rings (SSSR count). The number of halogens is 2. The summed E-state index contributed by atoms with van der Waals surface area (Å²) in [6.45, 7) is 0. The van der Waals surface area contributed by atoms with E-state index in [1.165, 1.54) is 6.21 Å². The predicted octanol–water partition coefficient (Wildman–Crippen LogP) is 4.23. The fourth-order valence-corrected chi connectivity index (χ4v) is 3.07. The van der Waals surface area contributed by atoms with E-state index >= 15 is 0 Å². The van der Waals surface area contributed by atoms with Gasteiger partial charge in [0.15, 0.2) is 11.6 Å². The second-order valence-corrected chi connectivity index (χ2v) is 6.36. The summed E-state index contributed by atoms with van der Waals surface area (Å²) in [5.74, 6) is -2.23. The molecule has 1 aliphatic carbocycles. The molecule has 6 heteroatoms. The van der Waals surface area contributed by atoms with E-state index in [0.717, 1.165) is 31.7 Å². The maximum Gasteiger partial charge on any atom is 0.168 e. The third kappa shape index (κ3) is 4.25. The van der Waals surface area contributed by atoms with Crippen LogP contribution in [0.4, 0.5) is 8.78 Å². The molecule has 136 valence electrons. The molecule has 0 aromatic heterocycles. The largest absolute Gasteiger partial charge is 0.507 e. The van der Waals surface area contributed by atoms with Crippen LogP contribution in [-0.4, -0.2) is 34.7 Å². The molecule has 0 bridgehead atoms. The maximum absolute atomic E-state index is 13.4. The second-order valence-electron chi connectivity index (χ2n) is 6.36. The fourth-order valence-electron chi connectivity index (χ4n) is 3.07. The van der Waals surface area contributed by atoms with Gasteiger partial charge in [0.1, 0.15) is 11.6 Å². The third-order valence-corrected chi connectivity index (χ3v) is 4.50. The topological polar surface area (TPSA) is 65.2 Å². The first-order valence-electron chi connectivity index (χ1n) is 8.57. The number of nitrogens with zero attached hydrogens (tertiary/aromatic N) is 2. The lowest BCUT2D eigenvalue weighted by Crippen LogP contribution is -2.27. The highest BCUT2D eigenvalue weighted by Crippen LogP contribution is 2.26. The maximum atomic E-state index is 13.4. The van der Waals surface area contributed by atoms with E-state index < -0.39 is 17.4 Å². The Kier molecular flexibility index (Phi) is 5.61. The van der Waals surface area contributed by atoms with E-state index in [1.807, 2.05) is 6.07 Å². The molecule has 2 aromatic rings. The van der Waals surface area contributed by atoms with Crippen LogP contribution in [0.25, 0.3) is 0 Å². The van der Waals surface area contributed by atoms with E-state index in [9.17, 15) is 19.0 Å². The van der Waals surface area contributed by atoms with Gasteiger partial charge in [-0.15, -0.1) is 0 Å². The van der Waals surface area contributed by atoms with Crippen LogP contribution in [-0.2, 0) is 0 Å². The first kappa shape index (κ1) is 18.0. The Bertz CT molecular complexity index is 837. The Balaban J connectivity index is 1.78. The lowest BCUT2D eigenvalue weighted by atomic mass is 9.91. The van der Waals surface area contributed by atoms with E-state index in [2.05, 4.69) is 9.98 Å². The van der Waals surface area contributed by atoms with Gasteiger partial charge < -0.3 is 10.2 Å². The number of aliphatic imine (C=N–C) groups is 2. The minimum atomic E-state index is -1.01. The van der Waals surface area contributed by atoms with Crippen LogP contribution >= 0.6 is 0 Å². The summed E-state index contributed by atoms with van der Waals surface area (Å²) in [6.07, 6.45) is 6.60. The predicted molar refractivity (Wildman–Crippen MR) is 97.4 cm³/mol. The van der Waals surface area contributed by atoms with Gasteiger partial charge in [0.2, 0.25) is 0 Å². The highest BCUT2D eigenvalue weighted by Gasteiger charge is 2.23. The Morgan fingerprint density at radius 3 is 2.15 bits per heavy atom. The zero-order valence-corrected chi connectivity index (χ0v) is 14.1. The number of hydrogen-bond donors (Lipinski definition) is 2. The number of phenolic OH excluding ortho intramolecular Hbond substituents is 2.